The van der Waals surface area contributed by atoms with Crippen molar-refractivity contribution in [2.45, 2.75) is 5.33 Å². The van der Waals surface area contributed by atoms with Gasteiger partial charge in [0.25, 0.3) is 0 Å². The number of hydrogen-bond acceptors (Lipinski definition) is 1. The topological polar surface area (TPSA) is 37.3 Å². The lowest BCUT2D eigenvalue weighted by Crippen LogP contribution is -2.00. The molecular formula is C8H6BrClO2. The molecule has 1 rings (SSSR count). The zero-order valence-electron chi connectivity index (χ0n) is 6.05. The van der Waals surface area contributed by atoms with E-state index >= 15 is 0 Å². The van der Waals surface area contributed by atoms with Crippen molar-refractivity contribution in [3.8, 4) is 0 Å². The van der Waals surface area contributed by atoms with Gasteiger partial charge in [0.2, 0.25) is 0 Å². The van der Waals surface area contributed by atoms with Gasteiger partial charge in [-0.1, -0.05) is 27.5 Å². The molecule has 0 atom stereocenters. The van der Waals surface area contributed by atoms with Crippen LogP contribution in [-0.2, 0) is 5.33 Å². The Hall–Kier alpha value is -0.540. The first-order valence-corrected chi connectivity index (χ1v) is 4.72. The number of carbonyl (C=O) groups is 1. The average Bonchev–Trinajstić information content (AvgIpc) is 2.03. The SMILES string of the molecule is O=C(O)c1ccc(Cl)cc1CBr. The van der Waals surface area contributed by atoms with Crippen molar-refractivity contribution in [3.63, 3.8) is 0 Å². The van der Waals surface area contributed by atoms with Gasteiger partial charge in [-0.3, -0.25) is 0 Å². The summed E-state index contributed by atoms with van der Waals surface area (Å²) >= 11 is 8.88. The molecule has 0 heterocycles. The van der Waals surface area contributed by atoms with Gasteiger partial charge in [-0.25, -0.2) is 4.79 Å². The number of carboxylic acids is 1. The Morgan fingerprint density at radius 1 is 1.58 bits per heavy atom. The summed E-state index contributed by atoms with van der Waals surface area (Å²) in [6, 6.07) is 4.71. The molecule has 0 spiro atoms. The van der Waals surface area contributed by atoms with E-state index in [0.717, 1.165) is 0 Å². The van der Waals surface area contributed by atoms with Crippen LogP contribution in [0.2, 0.25) is 5.02 Å². The number of benzene rings is 1. The van der Waals surface area contributed by atoms with Crippen molar-refractivity contribution in [1.82, 2.24) is 0 Å². The fourth-order valence-corrected chi connectivity index (χ4v) is 1.54. The van der Waals surface area contributed by atoms with Crippen LogP contribution in [0.4, 0.5) is 0 Å². The summed E-state index contributed by atoms with van der Waals surface area (Å²) in [6.45, 7) is 0. The van der Waals surface area contributed by atoms with Crippen LogP contribution >= 0.6 is 27.5 Å². The first kappa shape index (κ1) is 9.55. The van der Waals surface area contributed by atoms with E-state index in [1.54, 1.807) is 12.1 Å². The highest BCUT2D eigenvalue weighted by molar-refractivity contribution is 9.08. The van der Waals surface area contributed by atoms with E-state index in [0.29, 0.717) is 15.9 Å². The molecule has 1 N–H and O–H groups in total. The van der Waals surface area contributed by atoms with E-state index in [2.05, 4.69) is 15.9 Å². The van der Waals surface area contributed by atoms with Crippen molar-refractivity contribution in [3.05, 3.63) is 34.3 Å². The largest absolute Gasteiger partial charge is 0.478 e. The maximum atomic E-state index is 10.6. The van der Waals surface area contributed by atoms with Crippen LogP contribution in [0.3, 0.4) is 0 Å². The normalized spacial score (nSPS) is 9.83. The lowest BCUT2D eigenvalue weighted by atomic mass is 10.1. The van der Waals surface area contributed by atoms with E-state index in [9.17, 15) is 4.79 Å². The molecule has 1 aromatic rings. The monoisotopic (exact) mass is 248 g/mol. The quantitative estimate of drug-likeness (QED) is 0.818. The molecule has 0 amide bonds. The molecule has 0 aliphatic carbocycles. The molecule has 64 valence electrons. The molecule has 4 heteroatoms. The second kappa shape index (κ2) is 3.92. The highest BCUT2D eigenvalue weighted by Crippen LogP contribution is 2.18. The molecule has 0 saturated heterocycles. The molecule has 2 nitrogen and oxygen atoms in total. The van der Waals surface area contributed by atoms with Gasteiger partial charge in [0.1, 0.15) is 0 Å². The molecular weight excluding hydrogens is 243 g/mol. The lowest BCUT2D eigenvalue weighted by Gasteiger charge is -2.01. The van der Waals surface area contributed by atoms with Crippen molar-refractivity contribution in [2.75, 3.05) is 0 Å². The average molecular weight is 249 g/mol. The molecule has 12 heavy (non-hydrogen) atoms. The Morgan fingerprint density at radius 3 is 2.75 bits per heavy atom. The summed E-state index contributed by atoms with van der Waals surface area (Å²) < 4.78 is 0. The number of aromatic carboxylic acids is 1. The summed E-state index contributed by atoms with van der Waals surface area (Å²) in [5.41, 5.74) is 0.978. The minimum Gasteiger partial charge on any atom is -0.478 e. The van der Waals surface area contributed by atoms with E-state index < -0.39 is 5.97 Å². The summed E-state index contributed by atoms with van der Waals surface area (Å²) in [7, 11) is 0. The first-order chi connectivity index (χ1) is 5.65. The maximum Gasteiger partial charge on any atom is 0.335 e. The zero-order chi connectivity index (χ0) is 9.14. The third-order valence-corrected chi connectivity index (χ3v) is 2.28. The molecule has 0 saturated carbocycles. The van der Waals surface area contributed by atoms with Gasteiger partial charge in [0.05, 0.1) is 5.56 Å². The van der Waals surface area contributed by atoms with Crippen LogP contribution in [0, 0.1) is 0 Å². The number of rotatable bonds is 2. The van der Waals surface area contributed by atoms with Crippen molar-refractivity contribution in [1.29, 1.82) is 0 Å². The molecule has 0 aliphatic rings. The second-order valence-corrected chi connectivity index (χ2v) is 3.24. The van der Waals surface area contributed by atoms with Crippen molar-refractivity contribution < 1.29 is 9.90 Å². The fraction of sp³-hybridized carbons (Fsp3) is 0.125. The summed E-state index contributed by atoms with van der Waals surface area (Å²) in [5.74, 6) is -0.930. The summed E-state index contributed by atoms with van der Waals surface area (Å²) in [6.07, 6.45) is 0. The second-order valence-electron chi connectivity index (χ2n) is 2.24. The molecule has 0 unspecified atom stereocenters. The molecule has 0 bridgehead atoms. The highest BCUT2D eigenvalue weighted by atomic mass is 79.9. The van der Waals surface area contributed by atoms with Gasteiger partial charge in [0.15, 0.2) is 0 Å². The van der Waals surface area contributed by atoms with Gasteiger partial charge in [-0.05, 0) is 23.8 Å². The number of hydrogen-bond donors (Lipinski definition) is 1. The first-order valence-electron chi connectivity index (χ1n) is 3.23. The Bertz CT molecular complexity index is 312. The molecule has 0 aromatic heterocycles. The van der Waals surface area contributed by atoms with Gasteiger partial charge < -0.3 is 5.11 Å². The van der Waals surface area contributed by atoms with Crippen molar-refractivity contribution in [2.24, 2.45) is 0 Å². The van der Waals surface area contributed by atoms with Crippen LogP contribution < -0.4 is 0 Å². The lowest BCUT2D eigenvalue weighted by molar-refractivity contribution is 0.0696. The Labute approximate surface area is 83.3 Å². The predicted octanol–water partition coefficient (Wildman–Crippen LogP) is 2.93. The third kappa shape index (κ3) is 1.99. The smallest absolute Gasteiger partial charge is 0.335 e. The molecule has 0 aliphatic heterocycles. The molecule has 0 radical (unpaired) electrons. The van der Waals surface area contributed by atoms with Gasteiger partial charge in [-0.15, -0.1) is 0 Å². The van der Waals surface area contributed by atoms with Gasteiger partial charge in [-0.2, -0.15) is 0 Å². The van der Waals surface area contributed by atoms with Crippen LogP contribution in [0.15, 0.2) is 18.2 Å². The minimum atomic E-state index is -0.930. The standard InChI is InChI=1S/C8H6BrClO2/c9-4-5-3-6(10)1-2-7(5)8(11)12/h1-3H,4H2,(H,11,12). The third-order valence-electron chi connectivity index (χ3n) is 1.44. The van der Waals surface area contributed by atoms with E-state index in [1.807, 2.05) is 0 Å². The van der Waals surface area contributed by atoms with Gasteiger partial charge in [0, 0.05) is 10.4 Å². The number of carboxylic acid groups (broad SMARTS) is 1. The van der Waals surface area contributed by atoms with E-state index in [4.69, 9.17) is 16.7 Å². The van der Waals surface area contributed by atoms with Crippen molar-refractivity contribution >= 4 is 33.5 Å². The maximum absolute atomic E-state index is 10.6. The van der Waals surface area contributed by atoms with Crippen LogP contribution in [0.1, 0.15) is 15.9 Å². The highest BCUT2D eigenvalue weighted by Gasteiger charge is 2.08. The van der Waals surface area contributed by atoms with Gasteiger partial charge >= 0.3 is 5.97 Å². The number of halogens is 2. The van der Waals surface area contributed by atoms with Crippen LogP contribution in [0.5, 0.6) is 0 Å². The van der Waals surface area contributed by atoms with E-state index in [-0.39, 0.29) is 5.56 Å². The Kier molecular flexibility index (Phi) is 3.12. The molecule has 0 fully saturated rings. The van der Waals surface area contributed by atoms with Crippen LogP contribution in [-0.4, -0.2) is 11.1 Å². The summed E-state index contributed by atoms with van der Waals surface area (Å²) in [4.78, 5) is 10.6. The van der Waals surface area contributed by atoms with E-state index in [1.165, 1.54) is 6.07 Å². The fourth-order valence-electron chi connectivity index (χ4n) is 0.881. The molecule has 1 aromatic carbocycles. The Morgan fingerprint density at radius 2 is 2.25 bits per heavy atom. The van der Waals surface area contributed by atoms with Crippen LogP contribution in [0.25, 0.3) is 0 Å². The predicted molar refractivity (Wildman–Crippen MR) is 51.0 cm³/mol. The zero-order valence-corrected chi connectivity index (χ0v) is 8.39. The Balaban J connectivity index is 3.20. The minimum absolute atomic E-state index is 0.288. The number of alkyl halides is 1. The summed E-state index contributed by atoms with van der Waals surface area (Å²) in [5, 5.41) is 9.77.